The van der Waals surface area contributed by atoms with Gasteiger partial charge in [-0.15, -0.1) is 11.3 Å². The highest BCUT2D eigenvalue weighted by Crippen LogP contribution is 2.39. The molecule has 0 saturated heterocycles. The van der Waals surface area contributed by atoms with Gasteiger partial charge in [-0.05, 0) is 61.4 Å². The van der Waals surface area contributed by atoms with Crippen LogP contribution in [0.5, 0.6) is 5.75 Å². The van der Waals surface area contributed by atoms with Crippen molar-refractivity contribution in [3.63, 3.8) is 0 Å². The predicted octanol–water partition coefficient (Wildman–Crippen LogP) is 4.72. The van der Waals surface area contributed by atoms with Gasteiger partial charge in [0.05, 0.1) is 5.56 Å². The predicted molar refractivity (Wildman–Crippen MR) is 101 cm³/mol. The summed E-state index contributed by atoms with van der Waals surface area (Å²) in [5, 5.41) is 13.6. The average molecular weight is 375 g/mol. The average Bonchev–Trinajstić information content (AvgIpc) is 2.89. The summed E-state index contributed by atoms with van der Waals surface area (Å²) in [5.41, 5.74) is 2.59. The number of rotatable bonds is 4. The Morgan fingerprint density at radius 1 is 1.52 bits per heavy atom. The van der Waals surface area contributed by atoms with Crippen molar-refractivity contribution in [2.45, 2.75) is 33.1 Å². The minimum atomic E-state index is -0.266. The lowest BCUT2D eigenvalue weighted by Crippen LogP contribution is -2.20. The Balaban J connectivity index is 1.68. The highest BCUT2D eigenvalue weighted by Gasteiger charge is 2.24. The van der Waals surface area contributed by atoms with Gasteiger partial charge in [0, 0.05) is 9.90 Å². The topological polar surface area (TPSA) is 62.1 Å². The third kappa shape index (κ3) is 3.97. The van der Waals surface area contributed by atoms with Crippen LogP contribution in [-0.4, -0.2) is 12.5 Å². The molecule has 1 aromatic heterocycles. The molecule has 6 heteroatoms. The molecular formula is C19H19ClN2O2S. The van der Waals surface area contributed by atoms with E-state index in [1.54, 1.807) is 18.2 Å². The van der Waals surface area contributed by atoms with E-state index in [4.69, 9.17) is 16.3 Å². The van der Waals surface area contributed by atoms with Crippen LogP contribution in [0, 0.1) is 24.2 Å². The lowest BCUT2D eigenvalue weighted by Gasteiger charge is -2.17. The molecule has 0 aliphatic heterocycles. The fourth-order valence-corrected chi connectivity index (χ4v) is 4.64. The van der Waals surface area contributed by atoms with Crippen molar-refractivity contribution in [1.82, 2.24) is 0 Å². The van der Waals surface area contributed by atoms with Crippen LogP contribution in [0.25, 0.3) is 0 Å². The quantitative estimate of drug-likeness (QED) is 0.841. The number of nitrogens with one attached hydrogen (secondary N) is 1. The normalized spacial score (nSPS) is 16.0. The van der Waals surface area contributed by atoms with Crippen LogP contribution in [0.15, 0.2) is 18.2 Å². The molecule has 1 amide bonds. The van der Waals surface area contributed by atoms with Gasteiger partial charge in [-0.2, -0.15) is 5.26 Å². The highest BCUT2D eigenvalue weighted by atomic mass is 35.5. The number of thiophene rings is 1. The van der Waals surface area contributed by atoms with E-state index >= 15 is 0 Å². The first-order valence-electron chi connectivity index (χ1n) is 8.21. The van der Waals surface area contributed by atoms with Gasteiger partial charge >= 0.3 is 0 Å². The van der Waals surface area contributed by atoms with Gasteiger partial charge < -0.3 is 10.1 Å². The summed E-state index contributed by atoms with van der Waals surface area (Å²) in [7, 11) is 0. The van der Waals surface area contributed by atoms with Crippen LogP contribution in [0.1, 0.15) is 34.9 Å². The van der Waals surface area contributed by atoms with Crippen molar-refractivity contribution in [1.29, 1.82) is 5.26 Å². The third-order valence-electron chi connectivity index (χ3n) is 4.37. The summed E-state index contributed by atoms with van der Waals surface area (Å²) in [6, 6.07) is 7.52. The molecule has 1 aliphatic carbocycles. The van der Waals surface area contributed by atoms with Gasteiger partial charge in [-0.1, -0.05) is 18.5 Å². The standard InChI is InChI=1S/C19H19ClN2O2S/c1-11-3-5-14-15(9-21)19(25-17(14)7-11)22-18(23)10-24-16-6-4-13(20)8-12(16)2/h4,6,8,11H,3,5,7,10H2,1-2H3,(H,22,23)/t11-/m0/s1. The number of carbonyl (C=O) groups excluding carboxylic acids is 1. The van der Waals surface area contributed by atoms with E-state index in [0.29, 0.717) is 27.3 Å². The second-order valence-corrected chi connectivity index (χ2v) is 7.96. The molecule has 25 heavy (non-hydrogen) atoms. The van der Waals surface area contributed by atoms with Crippen LogP contribution in [0.3, 0.4) is 0 Å². The largest absolute Gasteiger partial charge is 0.483 e. The molecule has 0 unspecified atom stereocenters. The molecule has 3 rings (SSSR count). The summed E-state index contributed by atoms with van der Waals surface area (Å²) >= 11 is 7.43. The lowest BCUT2D eigenvalue weighted by molar-refractivity contribution is -0.118. The number of hydrogen-bond acceptors (Lipinski definition) is 4. The summed E-state index contributed by atoms with van der Waals surface area (Å²) in [5.74, 6) is 0.981. The van der Waals surface area contributed by atoms with Gasteiger partial charge in [-0.25, -0.2) is 0 Å². The van der Waals surface area contributed by atoms with E-state index < -0.39 is 0 Å². The highest BCUT2D eigenvalue weighted by molar-refractivity contribution is 7.16. The Kier molecular flexibility index (Phi) is 5.31. The summed E-state index contributed by atoms with van der Waals surface area (Å²) in [4.78, 5) is 13.5. The van der Waals surface area contributed by atoms with Crippen molar-refractivity contribution in [2.24, 2.45) is 5.92 Å². The number of hydrogen-bond donors (Lipinski definition) is 1. The Morgan fingerprint density at radius 2 is 2.32 bits per heavy atom. The maximum atomic E-state index is 12.2. The fraction of sp³-hybridized carbons (Fsp3) is 0.368. The number of amides is 1. The minimum Gasteiger partial charge on any atom is -0.483 e. The molecule has 0 bridgehead atoms. The van der Waals surface area contributed by atoms with Crippen molar-refractivity contribution >= 4 is 33.8 Å². The van der Waals surface area contributed by atoms with Gasteiger partial charge in [0.15, 0.2) is 6.61 Å². The first-order chi connectivity index (χ1) is 12.0. The fourth-order valence-electron chi connectivity index (χ4n) is 3.04. The van der Waals surface area contributed by atoms with E-state index in [2.05, 4.69) is 18.3 Å². The molecule has 2 aromatic rings. The van der Waals surface area contributed by atoms with Crippen molar-refractivity contribution in [2.75, 3.05) is 11.9 Å². The number of nitriles is 1. The molecule has 1 atom stereocenters. The number of benzene rings is 1. The minimum absolute atomic E-state index is 0.105. The first-order valence-corrected chi connectivity index (χ1v) is 9.40. The second kappa shape index (κ2) is 7.47. The smallest absolute Gasteiger partial charge is 0.262 e. The SMILES string of the molecule is Cc1cc(Cl)ccc1OCC(=O)Nc1sc2c(c1C#N)CC[C@H](C)C2. The maximum Gasteiger partial charge on any atom is 0.262 e. The Hall–Kier alpha value is -2.03. The Morgan fingerprint density at radius 3 is 3.04 bits per heavy atom. The lowest BCUT2D eigenvalue weighted by atomic mass is 9.89. The zero-order valence-electron chi connectivity index (χ0n) is 14.2. The summed E-state index contributed by atoms with van der Waals surface area (Å²) in [6.45, 7) is 3.99. The Labute approximate surface area is 156 Å². The maximum absolute atomic E-state index is 12.2. The van der Waals surface area contributed by atoms with Crippen LogP contribution >= 0.6 is 22.9 Å². The molecule has 1 N–H and O–H groups in total. The molecule has 1 heterocycles. The van der Waals surface area contributed by atoms with Crippen LogP contribution < -0.4 is 10.1 Å². The molecule has 0 radical (unpaired) electrons. The van der Waals surface area contributed by atoms with Crippen molar-refractivity contribution in [3.8, 4) is 11.8 Å². The molecular weight excluding hydrogens is 356 g/mol. The number of fused-ring (bicyclic) bond motifs is 1. The zero-order valence-corrected chi connectivity index (χ0v) is 15.8. The second-order valence-electron chi connectivity index (χ2n) is 6.41. The molecule has 1 aromatic carbocycles. The monoisotopic (exact) mass is 374 g/mol. The van der Waals surface area contributed by atoms with Gasteiger partial charge in [0.25, 0.3) is 5.91 Å². The van der Waals surface area contributed by atoms with Gasteiger partial charge in [0.2, 0.25) is 0 Å². The van der Waals surface area contributed by atoms with Crippen molar-refractivity contribution < 1.29 is 9.53 Å². The van der Waals surface area contributed by atoms with E-state index in [0.717, 1.165) is 30.4 Å². The zero-order chi connectivity index (χ0) is 18.0. The number of carbonyl (C=O) groups is 1. The molecule has 0 saturated carbocycles. The number of ether oxygens (including phenoxy) is 1. The van der Waals surface area contributed by atoms with E-state index in [1.165, 1.54) is 16.2 Å². The van der Waals surface area contributed by atoms with Gasteiger partial charge in [-0.3, -0.25) is 4.79 Å². The van der Waals surface area contributed by atoms with Crippen LogP contribution in [0.2, 0.25) is 5.02 Å². The number of anilines is 1. The third-order valence-corrected chi connectivity index (χ3v) is 5.78. The van der Waals surface area contributed by atoms with E-state index in [9.17, 15) is 10.1 Å². The Bertz CT molecular complexity index is 854. The first kappa shape index (κ1) is 17.8. The van der Waals surface area contributed by atoms with E-state index in [-0.39, 0.29) is 12.5 Å². The van der Waals surface area contributed by atoms with Crippen molar-refractivity contribution in [3.05, 3.63) is 44.8 Å². The van der Waals surface area contributed by atoms with E-state index in [1.807, 2.05) is 6.92 Å². The number of nitrogens with zero attached hydrogens (tertiary/aromatic N) is 1. The molecule has 4 nitrogen and oxygen atoms in total. The van der Waals surface area contributed by atoms with Gasteiger partial charge in [0.1, 0.15) is 16.8 Å². The molecule has 130 valence electrons. The molecule has 0 fully saturated rings. The number of aryl methyl sites for hydroxylation is 1. The summed E-state index contributed by atoms with van der Waals surface area (Å²) in [6.07, 6.45) is 2.97. The number of halogens is 1. The molecule has 1 aliphatic rings. The summed E-state index contributed by atoms with van der Waals surface area (Å²) < 4.78 is 5.57. The van der Waals surface area contributed by atoms with Crippen LogP contribution in [0.4, 0.5) is 5.00 Å². The van der Waals surface area contributed by atoms with Crippen LogP contribution in [-0.2, 0) is 17.6 Å². The molecule has 0 spiro atoms.